The smallest absolute Gasteiger partial charge is 0.288 e. The summed E-state index contributed by atoms with van der Waals surface area (Å²) in [5.74, 6) is -0.408. The summed E-state index contributed by atoms with van der Waals surface area (Å²) in [6, 6.07) is 4.03. The standard InChI is InChI=1S/C19H20FN5O2S/c1-11-4-3-7-24(10-11)19-23-25-17(27)14(9-21-18(25)28-19)16(26)22-15-6-5-13(20)8-12(15)2/h5-6,8-9,11H,3-4,7,10H2,1-2H3,(H,22,26). The van der Waals surface area contributed by atoms with Crippen molar-refractivity contribution in [1.82, 2.24) is 14.6 Å². The van der Waals surface area contributed by atoms with Gasteiger partial charge in [-0.05, 0) is 49.4 Å². The monoisotopic (exact) mass is 401 g/mol. The maximum atomic E-state index is 13.2. The SMILES string of the molecule is Cc1cc(F)ccc1NC(=O)c1cnc2sc(N3CCCC(C)C3)nn2c1=O. The summed E-state index contributed by atoms with van der Waals surface area (Å²) >= 11 is 1.34. The molecule has 9 heteroatoms. The summed E-state index contributed by atoms with van der Waals surface area (Å²) in [7, 11) is 0. The third-order valence-corrected chi connectivity index (χ3v) is 5.87. The lowest BCUT2D eigenvalue weighted by atomic mass is 10.0. The second kappa shape index (κ2) is 7.31. The number of nitrogens with one attached hydrogen (secondary N) is 1. The van der Waals surface area contributed by atoms with Gasteiger partial charge in [-0.25, -0.2) is 9.37 Å². The number of rotatable bonds is 3. The Bertz CT molecular complexity index is 1110. The van der Waals surface area contributed by atoms with Gasteiger partial charge in [-0.15, -0.1) is 5.10 Å². The Kier molecular flexibility index (Phi) is 4.84. The lowest BCUT2D eigenvalue weighted by molar-refractivity contribution is 0.102. The van der Waals surface area contributed by atoms with Gasteiger partial charge in [0.1, 0.15) is 11.4 Å². The van der Waals surface area contributed by atoms with Gasteiger partial charge in [-0.1, -0.05) is 18.3 Å². The highest BCUT2D eigenvalue weighted by molar-refractivity contribution is 7.20. The Labute approximate surface area is 164 Å². The fraction of sp³-hybridized carbons (Fsp3) is 0.368. The molecule has 146 valence electrons. The van der Waals surface area contributed by atoms with Crippen LogP contribution in [0.3, 0.4) is 0 Å². The zero-order chi connectivity index (χ0) is 19.8. The number of amides is 1. The first-order chi connectivity index (χ1) is 13.4. The van der Waals surface area contributed by atoms with Crippen molar-refractivity contribution in [3.63, 3.8) is 0 Å². The molecule has 1 amide bonds. The topological polar surface area (TPSA) is 79.6 Å². The molecule has 0 spiro atoms. The van der Waals surface area contributed by atoms with Crippen LogP contribution >= 0.6 is 11.3 Å². The van der Waals surface area contributed by atoms with E-state index in [1.807, 2.05) is 0 Å². The highest BCUT2D eigenvalue weighted by Crippen LogP contribution is 2.26. The molecular formula is C19H20FN5O2S. The molecule has 0 aliphatic carbocycles. The van der Waals surface area contributed by atoms with Crippen LogP contribution in [-0.2, 0) is 0 Å². The van der Waals surface area contributed by atoms with E-state index in [0.29, 0.717) is 22.1 Å². The number of aromatic nitrogens is 3. The zero-order valence-corrected chi connectivity index (χ0v) is 16.4. The van der Waals surface area contributed by atoms with E-state index in [1.54, 1.807) is 6.92 Å². The van der Waals surface area contributed by atoms with Gasteiger partial charge in [0.25, 0.3) is 11.5 Å². The molecule has 1 unspecified atom stereocenters. The third-order valence-electron chi connectivity index (χ3n) is 4.88. The molecule has 28 heavy (non-hydrogen) atoms. The third kappa shape index (κ3) is 3.49. The van der Waals surface area contributed by atoms with Crippen molar-refractivity contribution in [3.05, 3.63) is 51.7 Å². The molecule has 2 aromatic heterocycles. The van der Waals surface area contributed by atoms with Crippen molar-refractivity contribution < 1.29 is 9.18 Å². The summed E-state index contributed by atoms with van der Waals surface area (Å²) in [5, 5.41) is 7.79. The highest BCUT2D eigenvalue weighted by atomic mass is 32.1. The fourth-order valence-electron chi connectivity index (χ4n) is 3.38. The summed E-state index contributed by atoms with van der Waals surface area (Å²) in [5.41, 5.74) is 0.384. The van der Waals surface area contributed by atoms with Gasteiger partial charge in [0.2, 0.25) is 10.1 Å². The molecule has 0 radical (unpaired) electrons. The predicted molar refractivity (Wildman–Crippen MR) is 107 cm³/mol. The van der Waals surface area contributed by atoms with E-state index in [9.17, 15) is 14.0 Å². The number of carbonyl (C=O) groups excluding carboxylic acids is 1. The van der Waals surface area contributed by atoms with Gasteiger partial charge < -0.3 is 10.2 Å². The van der Waals surface area contributed by atoms with Crippen LogP contribution in [0.1, 0.15) is 35.7 Å². The molecule has 1 aliphatic rings. The van der Waals surface area contributed by atoms with E-state index in [2.05, 4.69) is 27.2 Å². The number of hydrogen-bond acceptors (Lipinski definition) is 6. The van der Waals surface area contributed by atoms with E-state index in [1.165, 1.54) is 46.7 Å². The van der Waals surface area contributed by atoms with Gasteiger partial charge in [-0.3, -0.25) is 9.59 Å². The summed E-state index contributed by atoms with van der Waals surface area (Å²) in [6.07, 6.45) is 3.55. The maximum Gasteiger partial charge on any atom is 0.288 e. The van der Waals surface area contributed by atoms with Gasteiger partial charge in [0, 0.05) is 25.0 Å². The molecule has 3 aromatic rings. The Hall–Kier alpha value is -2.81. The van der Waals surface area contributed by atoms with Crippen LogP contribution in [0.5, 0.6) is 0 Å². The van der Waals surface area contributed by atoms with Crippen molar-refractivity contribution in [1.29, 1.82) is 0 Å². The molecule has 1 aliphatic heterocycles. The molecular weight excluding hydrogens is 381 g/mol. The van der Waals surface area contributed by atoms with E-state index in [0.717, 1.165) is 24.6 Å². The molecule has 4 rings (SSSR count). The Morgan fingerprint density at radius 2 is 2.21 bits per heavy atom. The van der Waals surface area contributed by atoms with Gasteiger partial charge >= 0.3 is 0 Å². The highest BCUT2D eigenvalue weighted by Gasteiger charge is 2.22. The predicted octanol–water partition coefficient (Wildman–Crippen LogP) is 3.09. The first-order valence-corrected chi connectivity index (χ1v) is 9.95. The van der Waals surface area contributed by atoms with E-state index in [4.69, 9.17) is 0 Å². The van der Waals surface area contributed by atoms with Crippen LogP contribution in [-0.4, -0.2) is 33.6 Å². The van der Waals surface area contributed by atoms with E-state index in [-0.39, 0.29) is 11.4 Å². The minimum atomic E-state index is -0.595. The summed E-state index contributed by atoms with van der Waals surface area (Å²) in [6.45, 7) is 5.67. The van der Waals surface area contributed by atoms with Crippen molar-refractivity contribution in [2.75, 3.05) is 23.3 Å². The van der Waals surface area contributed by atoms with Gasteiger partial charge in [0.15, 0.2) is 0 Å². The molecule has 1 saturated heterocycles. The minimum Gasteiger partial charge on any atom is -0.346 e. The van der Waals surface area contributed by atoms with Gasteiger partial charge in [0.05, 0.1) is 0 Å². The zero-order valence-electron chi connectivity index (χ0n) is 15.6. The van der Waals surface area contributed by atoms with Crippen LogP contribution in [0.25, 0.3) is 4.96 Å². The minimum absolute atomic E-state index is 0.106. The first-order valence-electron chi connectivity index (χ1n) is 9.13. The number of benzene rings is 1. The maximum absolute atomic E-state index is 13.2. The summed E-state index contributed by atoms with van der Waals surface area (Å²) < 4.78 is 14.4. The van der Waals surface area contributed by atoms with Crippen LogP contribution in [0.4, 0.5) is 15.2 Å². The van der Waals surface area contributed by atoms with E-state index < -0.39 is 11.5 Å². The van der Waals surface area contributed by atoms with Gasteiger partial charge in [-0.2, -0.15) is 4.52 Å². The van der Waals surface area contributed by atoms with Crippen LogP contribution in [0, 0.1) is 18.7 Å². The second-order valence-corrected chi connectivity index (χ2v) is 8.10. The Morgan fingerprint density at radius 1 is 1.39 bits per heavy atom. The summed E-state index contributed by atoms with van der Waals surface area (Å²) in [4.78, 5) is 32.2. The largest absolute Gasteiger partial charge is 0.346 e. The van der Waals surface area contributed by atoms with Crippen molar-refractivity contribution >= 4 is 33.0 Å². The number of halogens is 1. The number of nitrogens with zero attached hydrogens (tertiary/aromatic N) is 4. The quantitative estimate of drug-likeness (QED) is 0.730. The lowest BCUT2D eigenvalue weighted by Crippen LogP contribution is -2.34. The van der Waals surface area contributed by atoms with Crippen molar-refractivity contribution in [2.24, 2.45) is 5.92 Å². The fourth-order valence-corrected chi connectivity index (χ4v) is 4.28. The van der Waals surface area contributed by atoms with Crippen LogP contribution in [0.2, 0.25) is 0 Å². The Morgan fingerprint density at radius 3 is 2.96 bits per heavy atom. The molecule has 1 fully saturated rings. The number of anilines is 2. The molecule has 1 aromatic carbocycles. The number of hydrogen-bond donors (Lipinski definition) is 1. The lowest BCUT2D eigenvalue weighted by Gasteiger charge is -2.30. The van der Waals surface area contributed by atoms with Crippen LogP contribution < -0.4 is 15.8 Å². The van der Waals surface area contributed by atoms with Crippen molar-refractivity contribution in [2.45, 2.75) is 26.7 Å². The molecule has 3 heterocycles. The Balaban J connectivity index is 1.63. The number of piperidine rings is 1. The van der Waals surface area contributed by atoms with E-state index >= 15 is 0 Å². The number of fused-ring (bicyclic) bond motifs is 1. The average Bonchev–Trinajstić information content (AvgIpc) is 3.09. The molecule has 0 bridgehead atoms. The molecule has 0 saturated carbocycles. The molecule has 1 atom stereocenters. The van der Waals surface area contributed by atoms with Crippen molar-refractivity contribution in [3.8, 4) is 0 Å². The molecule has 7 nitrogen and oxygen atoms in total. The normalized spacial score (nSPS) is 17.1. The number of carbonyl (C=O) groups is 1. The number of aryl methyl sites for hydroxylation is 1. The first kappa shape index (κ1) is 18.5. The average molecular weight is 401 g/mol. The van der Waals surface area contributed by atoms with Crippen LogP contribution in [0.15, 0.2) is 29.2 Å². The molecule has 1 N–H and O–H groups in total. The second-order valence-electron chi connectivity index (χ2n) is 7.16.